The van der Waals surface area contributed by atoms with E-state index in [1.807, 2.05) is 13.2 Å². The summed E-state index contributed by atoms with van der Waals surface area (Å²) in [6, 6.07) is 0.0610. The first kappa shape index (κ1) is 16.1. The van der Waals surface area contributed by atoms with E-state index in [2.05, 4.69) is 5.32 Å². The summed E-state index contributed by atoms with van der Waals surface area (Å²) in [6.07, 6.45) is 3.55. The Hall–Kier alpha value is -0.910. The highest BCUT2D eigenvalue weighted by atomic mass is 32.2. The molecule has 0 aliphatic carbocycles. The van der Waals surface area contributed by atoms with Gasteiger partial charge in [0.15, 0.2) is 0 Å². The van der Waals surface area contributed by atoms with Crippen LogP contribution in [0.1, 0.15) is 26.2 Å². The van der Waals surface area contributed by atoms with Crippen molar-refractivity contribution in [1.29, 1.82) is 0 Å². The minimum atomic E-state index is -0.832. The number of carbonyl (C=O) groups excluding carboxylic acids is 1. The molecular weight excluding hydrogens is 240 g/mol. The lowest BCUT2D eigenvalue weighted by molar-refractivity contribution is -0.137. The van der Waals surface area contributed by atoms with Gasteiger partial charge in [0, 0.05) is 26.1 Å². The number of amides is 2. The fourth-order valence-corrected chi connectivity index (χ4v) is 1.82. The van der Waals surface area contributed by atoms with Crippen LogP contribution in [0.5, 0.6) is 0 Å². The fourth-order valence-electron chi connectivity index (χ4n) is 1.24. The Morgan fingerprint density at radius 3 is 2.65 bits per heavy atom. The molecule has 5 nitrogen and oxygen atoms in total. The number of hydrogen-bond donors (Lipinski definition) is 2. The smallest absolute Gasteiger partial charge is 0.317 e. The second-order valence-corrected chi connectivity index (χ2v) is 4.96. The third-order valence-electron chi connectivity index (χ3n) is 2.56. The number of carboxylic acids is 1. The Balaban J connectivity index is 3.76. The molecule has 0 aromatic rings. The van der Waals surface area contributed by atoms with Gasteiger partial charge in [-0.1, -0.05) is 0 Å². The van der Waals surface area contributed by atoms with Crippen molar-refractivity contribution in [2.24, 2.45) is 0 Å². The zero-order chi connectivity index (χ0) is 13.3. The average Bonchev–Trinajstić information content (AvgIpc) is 2.30. The van der Waals surface area contributed by atoms with Crippen molar-refractivity contribution in [3.8, 4) is 0 Å². The van der Waals surface area contributed by atoms with Gasteiger partial charge in [0.1, 0.15) is 0 Å². The molecule has 0 heterocycles. The quantitative estimate of drug-likeness (QED) is 0.652. The molecule has 1 atom stereocenters. The van der Waals surface area contributed by atoms with E-state index < -0.39 is 5.97 Å². The third kappa shape index (κ3) is 7.90. The van der Waals surface area contributed by atoms with Crippen molar-refractivity contribution in [2.45, 2.75) is 32.2 Å². The maximum Gasteiger partial charge on any atom is 0.317 e. The zero-order valence-corrected chi connectivity index (χ0v) is 11.5. The summed E-state index contributed by atoms with van der Waals surface area (Å²) in [7, 11) is 1.76. The predicted octanol–water partition coefficient (Wildman–Crippen LogP) is 1.63. The lowest BCUT2D eigenvalue weighted by atomic mass is 10.2. The van der Waals surface area contributed by atoms with Crippen molar-refractivity contribution in [1.82, 2.24) is 10.2 Å². The highest BCUT2D eigenvalue weighted by Gasteiger charge is 2.14. The maximum atomic E-state index is 11.7. The molecule has 0 aromatic carbocycles. The molecule has 0 rings (SSSR count). The molecular formula is C11H22N2O3S. The summed E-state index contributed by atoms with van der Waals surface area (Å²) in [5, 5.41) is 11.2. The van der Waals surface area contributed by atoms with Gasteiger partial charge in [-0.2, -0.15) is 11.8 Å². The van der Waals surface area contributed by atoms with Gasteiger partial charge in [-0.05, 0) is 31.8 Å². The molecule has 0 aliphatic rings. The van der Waals surface area contributed by atoms with Gasteiger partial charge < -0.3 is 15.3 Å². The number of carboxylic acid groups (broad SMARTS) is 1. The van der Waals surface area contributed by atoms with Crippen molar-refractivity contribution >= 4 is 23.8 Å². The lowest BCUT2D eigenvalue weighted by Crippen LogP contribution is -2.42. The van der Waals surface area contributed by atoms with Crippen LogP contribution in [0, 0.1) is 0 Å². The number of urea groups is 1. The molecule has 0 radical (unpaired) electrons. The maximum absolute atomic E-state index is 11.7. The molecule has 0 saturated carbocycles. The van der Waals surface area contributed by atoms with E-state index in [9.17, 15) is 9.59 Å². The van der Waals surface area contributed by atoms with Crippen molar-refractivity contribution < 1.29 is 14.7 Å². The molecule has 6 heteroatoms. The van der Waals surface area contributed by atoms with Gasteiger partial charge in [0.05, 0.1) is 0 Å². The van der Waals surface area contributed by atoms with Gasteiger partial charge >= 0.3 is 12.0 Å². The molecule has 2 amide bonds. The second kappa shape index (κ2) is 9.15. The zero-order valence-electron chi connectivity index (χ0n) is 10.7. The molecule has 0 fully saturated rings. The lowest BCUT2D eigenvalue weighted by Gasteiger charge is -2.25. The highest BCUT2D eigenvalue weighted by molar-refractivity contribution is 7.98. The number of thioether (sulfide) groups is 1. The number of nitrogens with one attached hydrogen (secondary N) is 1. The van der Waals surface area contributed by atoms with Crippen LogP contribution >= 0.6 is 11.8 Å². The summed E-state index contributed by atoms with van der Waals surface area (Å²) < 4.78 is 0. The highest BCUT2D eigenvalue weighted by Crippen LogP contribution is 2.06. The van der Waals surface area contributed by atoms with Crippen LogP contribution in [0.4, 0.5) is 4.79 Å². The molecule has 1 unspecified atom stereocenters. The van der Waals surface area contributed by atoms with E-state index in [0.29, 0.717) is 13.0 Å². The molecule has 2 N–H and O–H groups in total. The van der Waals surface area contributed by atoms with E-state index in [-0.39, 0.29) is 18.5 Å². The van der Waals surface area contributed by atoms with Gasteiger partial charge in [-0.15, -0.1) is 0 Å². The molecule has 0 spiro atoms. The van der Waals surface area contributed by atoms with Crippen molar-refractivity contribution in [2.75, 3.05) is 25.6 Å². The number of hydrogen-bond acceptors (Lipinski definition) is 3. The van der Waals surface area contributed by atoms with Crippen molar-refractivity contribution in [3.63, 3.8) is 0 Å². The molecule has 0 bridgehead atoms. The second-order valence-electron chi connectivity index (χ2n) is 3.97. The van der Waals surface area contributed by atoms with Crippen LogP contribution in [0.2, 0.25) is 0 Å². The number of carbonyl (C=O) groups is 2. The van der Waals surface area contributed by atoms with Gasteiger partial charge in [-0.25, -0.2) is 4.79 Å². The van der Waals surface area contributed by atoms with E-state index in [0.717, 1.165) is 12.2 Å². The number of aliphatic carboxylic acids is 1. The first-order valence-electron chi connectivity index (χ1n) is 5.70. The third-order valence-corrected chi connectivity index (χ3v) is 3.21. The minimum Gasteiger partial charge on any atom is -0.481 e. The largest absolute Gasteiger partial charge is 0.481 e. The van der Waals surface area contributed by atoms with Crippen LogP contribution in [0.3, 0.4) is 0 Å². The normalized spacial score (nSPS) is 11.9. The Morgan fingerprint density at radius 1 is 1.47 bits per heavy atom. The molecule has 17 heavy (non-hydrogen) atoms. The summed E-state index contributed by atoms with van der Waals surface area (Å²) in [5.41, 5.74) is 0. The minimum absolute atomic E-state index is 0.0893. The standard InChI is InChI=1S/C11H22N2O3S/c1-9(6-8-17-3)13(2)11(16)12-7-4-5-10(14)15/h9H,4-8H2,1-3H3,(H,12,16)(H,14,15). The van der Waals surface area contributed by atoms with E-state index >= 15 is 0 Å². The van der Waals surface area contributed by atoms with Crippen LogP contribution in [-0.4, -0.2) is 53.6 Å². The van der Waals surface area contributed by atoms with Crippen LogP contribution < -0.4 is 5.32 Å². The van der Waals surface area contributed by atoms with E-state index in [4.69, 9.17) is 5.11 Å². The Kier molecular flexibility index (Phi) is 8.66. The first-order valence-corrected chi connectivity index (χ1v) is 7.09. The number of rotatable bonds is 8. The van der Waals surface area contributed by atoms with Gasteiger partial charge in [0.2, 0.25) is 0 Å². The van der Waals surface area contributed by atoms with Crippen LogP contribution in [0.25, 0.3) is 0 Å². The fraction of sp³-hybridized carbons (Fsp3) is 0.818. The SMILES string of the molecule is CSCCC(C)N(C)C(=O)NCCCC(=O)O. The van der Waals surface area contributed by atoms with Gasteiger partial charge in [0.25, 0.3) is 0 Å². The van der Waals surface area contributed by atoms with Crippen LogP contribution in [-0.2, 0) is 4.79 Å². The van der Waals surface area contributed by atoms with E-state index in [1.165, 1.54) is 0 Å². The summed E-state index contributed by atoms with van der Waals surface area (Å²) in [5.74, 6) is 0.193. The average molecular weight is 262 g/mol. The summed E-state index contributed by atoms with van der Waals surface area (Å²) in [6.45, 7) is 2.41. The molecule has 0 aliphatic heterocycles. The molecule has 0 saturated heterocycles. The van der Waals surface area contributed by atoms with Crippen LogP contribution in [0.15, 0.2) is 0 Å². The predicted molar refractivity (Wildman–Crippen MR) is 70.5 cm³/mol. The topological polar surface area (TPSA) is 69.6 Å². The Morgan fingerprint density at radius 2 is 2.12 bits per heavy atom. The van der Waals surface area contributed by atoms with Gasteiger partial charge in [-0.3, -0.25) is 4.79 Å². The summed E-state index contributed by atoms with van der Waals surface area (Å²) >= 11 is 1.76. The molecule has 0 aromatic heterocycles. The number of nitrogens with zero attached hydrogens (tertiary/aromatic N) is 1. The monoisotopic (exact) mass is 262 g/mol. The first-order chi connectivity index (χ1) is 7.99. The Labute approximate surface area is 107 Å². The Bertz CT molecular complexity index is 249. The molecule has 100 valence electrons. The summed E-state index contributed by atoms with van der Waals surface area (Å²) in [4.78, 5) is 23.6. The van der Waals surface area contributed by atoms with E-state index in [1.54, 1.807) is 23.7 Å². The van der Waals surface area contributed by atoms with Crippen molar-refractivity contribution in [3.05, 3.63) is 0 Å².